The number of carbonyl (C=O) groups is 2. The maximum Gasteiger partial charge on any atom is 0.227 e. The van der Waals surface area contributed by atoms with Gasteiger partial charge in [-0.3, -0.25) is 9.59 Å². The van der Waals surface area contributed by atoms with Crippen molar-refractivity contribution in [3.05, 3.63) is 29.8 Å². The highest BCUT2D eigenvalue weighted by Gasteiger charge is 2.34. The van der Waals surface area contributed by atoms with Crippen molar-refractivity contribution in [2.45, 2.75) is 26.4 Å². The molecule has 1 heterocycles. The first-order valence-electron chi connectivity index (χ1n) is 6.80. The van der Waals surface area contributed by atoms with Gasteiger partial charge in [0, 0.05) is 25.2 Å². The summed E-state index contributed by atoms with van der Waals surface area (Å²) in [5, 5.41) is 11.8. The molecule has 20 heavy (non-hydrogen) atoms. The van der Waals surface area contributed by atoms with Crippen LogP contribution in [0, 0.1) is 12.8 Å². The standard InChI is InChI=1S/C15H20N2O3/c1-10-3-5-13(6-4-10)17-9-12(7-14(17)19)15(20)16-8-11(2)18/h3-6,11-12,18H,7-9H2,1-2H3,(H,16,20)/t11-,12-/m1/s1. The molecule has 1 aromatic carbocycles. The number of nitrogens with zero attached hydrogens (tertiary/aromatic N) is 1. The lowest BCUT2D eigenvalue weighted by Gasteiger charge is -2.17. The Morgan fingerprint density at radius 3 is 2.70 bits per heavy atom. The molecule has 2 amide bonds. The number of anilines is 1. The Kier molecular flexibility index (Phi) is 4.39. The summed E-state index contributed by atoms with van der Waals surface area (Å²) in [5.74, 6) is -0.553. The minimum atomic E-state index is -0.579. The van der Waals surface area contributed by atoms with Crippen molar-refractivity contribution in [1.82, 2.24) is 5.32 Å². The zero-order chi connectivity index (χ0) is 14.7. The topological polar surface area (TPSA) is 69.6 Å². The third-order valence-corrected chi connectivity index (χ3v) is 3.41. The van der Waals surface area contributed by atoms with Crippen LogP contribution in [-0.4, -0.2) is 36.1 Å². The van der Waals surface area contributed by atoms with Gasteiger partial charge in [-0.25, -0.2) is 0 Å². The maximum atomic E-state index is 12.0. The average Bonchev–Trinajstić information content (AvgIpc) is 2.79. The number of benzene rings is 1. The molecule has 5 nitrogen and oxygen atoms in total. The van der Waals surface area contributed by atoms with Gasteiger partial charge in [-0.05, 0) is 26.0 Å². The fraction of sp³-hybridized carbons (Fsp3) is 0.467. The molecule has 0 bridgehead atoms. The van der Waals surface area contributed by atoms with Gasteiger partial charge in [0.05, 0.1) is 12.0 Å². The molecule has 2 rings (SSSR count). The van der Waals surface area contributed by atoms with Crippen LogP contribution in [0.15, 0.2) is 24.3 Å². The Hall–Kier alpha value is -1.88. The second kappa shape index (κ2) is 6.05. The number of aliphatic hydroxyl groups excluding tert-OH is 1. The van der Waals surface area contributed by atoms with Gasteiger partial charge < -0.3 is 15.3 Å². The van der Waals surface area contributed by atoms with Crippen molar-refractivity contribution < 1.29 is 14.7 Å². The predicted molar refractivity (Wildman–Crippen MR) is 76.3 cm³/mol. The van der Waals surface area contributed by atoms with E-state index in [0.717, 1.165) is 11.3 Å². The minimum absolute atomic E-state index is 0.0361. The molecule has 1 aromatic rings. The molecular weight excluding hydrogens is 256 g/mol. The molecule has 5 heteroatoms. The number of aryl methyl sites for hydroxylation is 1. The normalized spacial score (nSPS) is 20.1. The predicted octanol–water partition coefficient (Wildman–Crippen LogP) is 0.845. The monoisotopic (exact) mass is 276 g/mol. The number of hydrogen-bond donors (Lipinski definition) is 2. The van der Waals surface area contributed by atoms with Crippen molar-refractivity contribution in [3.8, 4) is 0 Å². The van der Waals surface area contributed by atoms with E-state index in [1.54, 1.807) is 11.8 Å². The van der Waals surface area contributed by atoms with Crippen molar-refractivity contribution in [2.75, 3.05) is 18.0 Å². The van der Waals surface area contributed by atoms with Crippen LogP contribution in [0.4, 0.5) is 5.69 Å². The largest absolute Gasteiger partial charge is 0.392 e. The molecule has 1 saturated heterocycles. The lowest BCUT2D eigenvalue weighted by Crippen LogP contribution is -2.36. The summed E-state index contributed by atoms with van der Waals surface area (Å²) in [5.41, 5.74) is 1.96. The van der Waals surface area contributed by atoms with Crippen LogP contribution in [0.5, 0.6) is 0 Å². The molecule has 108 valence electrons. The second-order valence-electron chi connectivity index (χ2n) is 5.34. The molecule has 1 aliphatic heterocycles. The third-order valence-electron chi connectivity index (χ3n) is 3.41. The molecule has 0 radical (unpaired) electrons. The molecular formula is C15H20N2O3. The molecule has 2 atom stereocenters. The first-order chi connectivity index (χ1) is 9.47. The second-order valence-corrected chi connectivity index (χ2v) is 5.34. The van der Waals surface area contributed by atoms with Crippen LogP contribution in [0.2, 0.25) is 0 Å². The first kappa shape index (κ1) is 14.5. The lowest BCUT2D eigenvalue weighted by molar-refractivity contribution is -0.126. The summed E-state index contributed by atoms with van der Waals surface area (Å²) in [4.78, 5) is 25.6. The summed E-state index contributed by atoms with van der Waals surface area (Å²) >= 11 is 0. The fourth-order valence-corrected chi connectivity index (χ4v) is 2.25. The Labute approximate surface area is 118 Å². The molecule has 0 saturated carbocycles. The fourth-order valence-electron chi connectivity index (χ4n) is 2.25. The Morgan fingerprint density at radius 2 is 2.10 bits per heavy atom. The van der Waals surface area contributed by atoms with Gasteiger partial charge in [0.2, 0.25) is 11.8 Å². The van der Waals surface area contributed by atoms with Crippen LogP contribution < -0.4 is 10.2 Å². The van der Waals surface area contributed by atoms with Gasteiger partial charge in [0.25, 0.3) is 0 Å². The zero-order valence-corrected chi connectivity index (χ0v) is 11.8. The highest BCUT2D eigenvalue weighted by molar-refractivity contribution is 6.00. The van der Waals surface area contributed by atoms with E-state index in [4.69, 9.17) is 5.11 Å². The van der Waals surface area contributed by atoms with Crippen molar-refractivity contribution in [1.29, 1.82) is 0 Å². The summed E-state index contributed by atoms with van der Waals surface area (Å²) in [6.45, 7) is 4.21. The molecule has 0 unspecified atom stereocenters. The lowest BCUT2D eigenvalue weighted by atomic mass is 10.1. The smallest absolute Gasteiger partial charge is 0.227 e. The number of carbonyl (C=O) groups excluding carboxylic acids is 2. The van der Waals surface area contributed by atoms with E-state index in [0.29, 0.717) is 6.54 Å². The average molecular weight is 276 g/mol. The van der Waals surface area contributed by atoms with E-state index in [9.17, 15) is 9.59 Å². The van der Waals surface area contributed by atoms with Gasteiger partial charge in [0.1, 0.15) is 0 Å². The molecule has 1 fully saturated rings. The van der Waals surface area contributed by atoms with Crippen molar-refractivity contribution in [3.63, 3.8) is 0 Å². The summed E-state index contributed by atoms with van der Waals surface area (Å²) in [6, 6.07) is 7.68. The van der Waals surface area contributed by atoms with E-state index in [-0.39, 0.29) is 30.7 Å². The number of amides is 2. The highest BCUT2D eigenvalue weighted by atomic mass is 16.3. The highest BCUT2D eigenvalue weighted by Crippen LogP contribution is 2.25. The summed E-state index contributed by atoms with van der Waals surface area (Å²) < 4.78 is 0. The maximum absolute atomic E-state index is 12.0. The quantitative estimate of drug-likeness (QED) is 0.856. The van der Waals surface area contributed by atoms with Crippen LogP contribution in [-0.2, 0) is 9.59 Å². The van der Waals surface area contributed by atoms with Gasteiger partial charge in [-0.2, -0.15) is 0 Å². The third kappa shape index (κ3) is 3.36. The molecule has 2 N–H and O–H groups in total. The van der Waals surface area contributed by atoms with E-state index < -0.39 is 6.10 Å². The van der Waals surface area contributed by atoms with Gasteiger partial charge in [-0.1, -0.05) is 17.7 Å². The number of rotatable bonds is 4. The van der Waals surface area contributed by atoms with E-state index >= 15 is 0 Å². The number of nitrogens with one attached hydrogen (secondary N) is 1. The first-order valence-corrected chi connectivity index (χ1v) is 6.80. The van der Waals surface area contributed by atoms with E-state index in [1.807, 2.05) is 31.2 Å². The molecule has 0 spiro atoms. The van der Waals surface area contributed by atoms with Crippen LogP contribution in [0.1, 0.15) is 18.9 Å². The Morgan fingerprint density at radius 1 is 1.45 bits per heavy atom. The molecule has 0 aromatic heterocycles. The summed E-state index contributed by atoms with van der Waals surface area (Å²) in [6.07, 6.45) is -0.358. The van der Waals surface area contributed by atoms with Crippen molar-refractivity contribution in [2.24, 2.45) is 5.92 Å². The molecule has 0 aliphatic carbocycles. The van der Waals surface area contributed by atoms with Crippen molar-refractivity contribution >= 4 is 17.5 Å². The number of hydrogen-bond acceptors (Lipinski definition) is 3. The Balaban J connectivity index is 2.00. The minimum Gasteiger partial charge on any atom is -0.392 e. The van der Waals surface area contributed by atoms with Gasteiger partial charge >= 0.3 is 0 Å². The van der Waals surface area contributed by atoms with Crippen LogP contribution >= 0.6 is 0 Å². The SMILES string of the molecule is Cc1ccc(N2C[C@H](C(=O)NC[C@@H](C)O)CC2=O)cc1. The summed E-state index contributed by atoms with van der Waals surface area (Å²) in [7, 11) is 0. The van der Waals surface area contributed by atoms with Crippen LogP contribution in [0.3, 0.4) is 0 Å². The van der Waals surface area contributed by atoms with E-state index in [1.165, 1.54) is 0 Å². The molecule has 1 aliphatic rings. The van der Waals surface area contributed by atoms with E-state index in [2.05, 4.69) is 5.32 Å². The van der Waals surface area contributed by atoms with Gasteiger partial charge in [-0.15, -0.1) is 0 Å². The zero-order valence-electron chi connectivity index (χ0n) is 11.8. The number of aliphatic hydroxyl groups is 1. The van der Waals surface area contributed by atoms with Crippen LogP contribution in [0.25, 0.3) is 0 Å². The van der Waals surface area contributed by atoms with Gasteiger partial charge in [0.15, 0.2) is 0 Å². The Bertz CT molecular complexity index is 496.